The molecule has 1 aliphatic heterocycles. The summed E-state index contributed by atoms with van der Waals surface area (Å²) >= 11 is 0. The number of cyclic esters (lactones) is 1. The van der Waals surface area contributed by atoms with E-state index in [2.05, 4.69) is 10.6 Å². The van der Waals surface area contributed by atoms with Crippen LogP contribution in [-0.2, 0) is 23.9 Å². The lowest BCUT2D eigenvalue weighted by molar-refractivity contribution is -0.193. The minimum atomic E-state index is -1.16. The highest BCUT2D eigenvalue weighted by Gasteiger charge is 2.49. The van der Waals surface area contributed by atoms with Gasteiger partial charge in [-0.05, 0) is 25.7 Å². The molecule has 0 radical (unpaired) electrons. The molecule has 2 amide bonds. The first-order chi connectivity index (χ1) is 11.7. The minimum Gasteiger partial charge on any atom is -0.480 e. The first-order valence-electron chi connectivity index (χ1n) is 8.46. The quantitative estimate of drug-likeness (QED) is 0.301. The Bertz CT molecular complexity index is 522. The number of rotatable bonds is 10. The molecule has 0 bridgehead atoms. The van der Waals surface area contributed by atoms with Crippen LogP contribution in [0.25, 0.3) is 0 Å². The first kappa shape index (κ1) is 20.9. The van der Waals surface area contributed by atoms with Crippen molar-refractivity contribution in [2.24, 2.45) is 17.6 Å². The van der Waals surface area contributed by atoms with Gasteiger partial charge < -0.3 is 26.2 Å². The van der Waals surface area contributed by atoms with Gasteiger partial charge in [0.1, 0.15) is 12.0 Å². The zero-order chi connectivity index (χ0) is 19.1. The van der Waals surface area contributed by atoms with E-state index in [1.165, 1.54) is 6.92 Å². The highest BCUT2D eigenvalue weighted by molar-refractivity contribution is 5.94. The highest BCUT2D eigenvalue weighted by Crippen LogP contribution is 2.31. The van der Waals surface area contributed by atoms with Gasteiger partial charge in [0.05, 0.1) is 6.04 Å². The smallest absolute Gasteiger partial charge is 0.326 e. The Morgan fingerprint density at radius 3 is 2.44 bits per heavy atom. The zero-order valence-electron chi connectivity index (χ0n) is 14.8. The summed E-state index contributed by atoms with van der Waals surface area (Å²) in [5.41, 5.74) is 5.39. The van der Waals surface area contributed by atoms with Crippen LogP contribution in [0.2, 0.25) is 0 Å². The number of hydrogen-bond donors (Lipinski definition) is 4. The van der Waals surface area contributed by atoms with E-state index in [1.807, 2.05) is 13.8 Å². The fraction of sp³-hybridized carbons (Fsp3) is 0.750. The van der Waals surface area contributed by atoms with E-state index in [0.29, 0.717) is 6.42 Å². The van der Waals surface area contributed by atoms with Crippen LogP contribution in [0, 0.1) is 11.8 Å². The van der Waals surface area contributed by atoms with Crippen LogP contribution in [0.15, 0.2) is 0 Å². The van der Waals surface area contributed by atoms with Crippen molar-refractivity contribution < 1.29 is 29.0 Å². The van der Waals surface area contributed by atoms with Crippen LogP contribution >= 0.6 is 0 Å². The molecule has 1 aliphatic rings. The zero-order valence-corrected chi connectivity index (χ0v) is 14.8. The van der Waals surface area contributed by atoms with Gasteiger partial charge >= 0.3 is 11.9 Å². The lowest BCUT2D eigenvalue weighted by Crippen LogP contribution is -2.56. The lowest BCUT2D eigenvalue weighted by Gasteiger charge is -2.37. The average molecular weight is 357 g/mol. The first-order valence-corrected chi connectivity index (χ1v) is 8.46. The molecule has 9 nitrogen and oxygen atoms in total. The minimum absolute atomic E-state index is 0.0573. The number of nitrogens with one attached hydrogen (secondary N) is 2. The number of hydrogen-bond acceptors (Lipinski definition) is 6. The molecule has 1 heterocycles. The van der Waals surface area contributed by atoms with Crippen molar-refractivity contribution >= 4 is 23.8 Å². The SMILES string of the molecule is CC[C@H](C)C1C(=O)O[C@@H]1C(=O)NCCC[C@H](NC(=O)[C@H](C)N)C(=O)O. The Hall–Kier alpha value is -2.16. The fourth-order valence-electron chi connectivity index (χ4n) is 2.51. The highest BCUT2D eigenvalue weighted by atomic mass is 16.6. The van der Waals surface area contributed by atoms with Gasteiger partial charge in [-0.2, -0.15) is 0 Å². The van der Waals surface area contributed by atoms with E-state index in [1.54, 1.807) is 0 Å². The number of ether oxygens (including phenoxy) is 1. The summed E-state index contributed by atoms with van der Waals surface area (Å²) in [6, 6.07) is -1.86. The molecule has 5 atom stereocenters. The Morgan fingerprint density at radius 2 is 1.96 bits per heavy atom. The molecule has 1 rings (SSSR count). The number of carboxylic acid groups (broad SMARTS) is 1. The maximum absolute atomic E-state index is 12.1. The summed E-state index contributed by atoms with van der Waals surface area (Å²) in [7, 11) is 0. The Balaban J connectivity index is 2.38. The summed E-state index contributed by atoms with van der Waals surface area (Å²) in [4.78, 5) is 46.1. The van der Waals surface area contributed by atoms with Crippen molar-refractivity contribution in [3.8, 4) is 0 Å². The number of amides is 2. The molecule has 1 saturated heterocycles. The topological polar surface area (TPSA) is 148 Å². The van der Waals surface area contributed by atoms with Crippen LogP contribution in [0.5, 0.6) is 0 Å². The second-order valence-electron chi connectivity index (χ2n) is 6.39. The molecule has 1 unspecified atom stereocenters. The molecule has 0 aromatic carbocycles. The van der Waals surface area contributed by atoms with Crippen molar-refractivity contribution in [3.63, 3.8) is 0 Å². The standard InChI is InChI=1S/C16H27N3O6/c1-4-8(2)11-12(25-16(11)24)14(21)18-7-5-6-10(15(22)23)19-13(20)9(3)17/h8-12H,4-7,17H2,1-3H3,(H,18,21)(H,19,20)(H,22,23)/t8-,9-,10-,11?,12-/m0/s1. The van der Waals surface area contributed by atoms with Gasteiger partial charge in [0, 0.05) is 6.54 Å². The monoisotopic (exact) mass is 357 g/mol. The van der Waals surface area contributed by atoms with Crippen LogP contribution in [-0.4, -0.2) is 53.6 Å². The van der Waals surface area contributed by atoms with Gasteiger partial charge in [0.25, 0.3) is 5.91 Å². The molecular formula is C16H27N3O6. The predicted octanol–water partition coefficient (Wildman–Crippen LogP) is -0.613. The Morgan fingerprint density at radius 1 is 1.32 bits per heavy atom. The van der Waals surface area contributed by atoms with E-state index in [9.17, 15) is 19.2 Å². The van der Waals surface area contributed by atoms with Crippen molar-refractivity contribution in [2.45, 2.75) is 58.2 Å². The molecule has 0 aliphatic carbocycles. The van der Waals surface area contributed by atoms with E-state index >= 15 is 0 Å². The van der Waals surface area contributed by atoms with Gasteiger partial charge in [-0.3, -0.25) is 14.4 Å². The molecule has 25 heavy (non-hydrogen) atoms. The van der Waals surface area contributed by atoms with Crippen LogP contribution in [0.1, 0.15) is 40.0 Å². The van der Waals surface area contributed by atoms with E-state index in [-0.39, 0.29) is 30.8 Å². The third-order valence-corrected chi connectivity index (χ3v) is 4.35. The molecule has 0 aromatic rings. The molecule has 1 fully saturated rings. The maximum Gasteiger partial charge on any atom is 0.326 e. The number of nitrogens with two attached hydrogens (primary N) is 1. The number of esters is 1. The number of carboxylic acids is 1. The van der Waals surface area contributed by atoms with Crippen LogP contribution < -0.4 is 16.4 Å². The summed E-state index contributed by atoms with van der Waals surface area (Å²) < 4.78 is 4.92. The molecule has 0 saturated carbocycles. The molecular weight excluding hydrogens is 330 g/mol. The van der Waals surface area contributed by atoms with Gasteiger partial charge in [0.15, 0.2) is 6.10 Å². The van der Waals surface area contributed by atoms with Gasteiger partial charge in [-0.1, -0.05) is 20.3 Å². The molecule has 9 heteroatoms. The van der Waals surface area contributed by atoms with Crippen molar-refractivity contribution in [2.75, 3.05) is 6.54 Å². The normalized spacial score (nSPS) is 22.8. The van der Waals surface area contributed by atoms with Crippen LogP contribution in [0.3, 0.4) is 0 Å². The number of carbonyl (C=O) groups is 4. The van der Waals surface area contributed by atoms with E-state index < -0.39 is 36.0 Å². The second-order valence-corrected chi connectivity index (χ2v) is 6.39. The Kier molecular flexibility index (Phi) is 7.82. The third-order valence-electron chi connectivity index (χ3n) is 4.35. The van der Waals surface area contributed by atoms with Gasteiger partial charge in [-0.25, -0.2) is 4.79 Å². The number of carbonyl (C=O) groups excluding carboxylic acids is 3. The summed E-state index contributed by atoms with van der Waals surface area (Å²) in [5, 5.41) is 14.1. The molecule has 0 spiro atoms. The van der Waals surface area contributed by atoms with E-state index in [0.717, 1.165) is 6.42 Å². The summed E-state index contributed by atoms with van der Waals surface area (Å²) in [6.45, 7) is 5.51. The largest absolute Gasteiger partial charge is 0.480 e. The van der Waals surface area contributed by atoms with Crippen molar-refractivity contribution in [3.05, 3.63) is 0 Å². The molecule has 5 N–H and O–H groups in total. The Labute approximate surface area is 146 Å². The fourth-order valence-corrected chi connectivity index (χ4v) is 2.51. The van der Waals surface area contributed by atoms with Crippen LogP contribution in [0.4, 0.5) is 0 Å². The molecule has 142 valence electrons. The van der Waals surface area contributed by atoms with Gasteiger partial charge in [0.2, 0.25) is 5.91 Å². The average Bonchev–Trinajstić information content (AvgIpc) is 2.54. The molecule has 0 aromatic heterocycles. The summed E-state index contributed by atoms with van der Waals surface area (Å²) in [5.74, 6) is -2.82. The number of aliphatic carboxylic acids is 1. The predicted molar refractivity (Wildman–Crippen MR) is 88.3 cm³/mol. The van der Waals surface area contributed by atoms with E-state index in [4.69, 9.17) is 15.6 Å². The van der Waals surface area contributed by atoms with Gasteiger partial charge in [-0.15, -0.1) is 0 Å². The third kappa shape index (κ3) is 5.70. The lowest BCUT2D eigenvalue weighted by atomic mass is 9.83. The maximum atomic E-state index is 12.1. The van der Waals surface area contributed by atoms with Crippen molar-refractivity contribution in [1.29, 1.82) is 0 Å². The summed E-state index contributed by atoms with van der Waals surface area (Å²) in [6.07, 6.45) is 0.475. The second kappa shape index (κ2) is 9.36. The van der Waals surface area contributed by atoms with Crippen molar-refractivity contribution in [1.82, 2.24) is 10.6 Å².